The molecule has 2 aliphatic heterocycles. The third-order valence-corrected chi connectivity index (χ3v) is 12.5. The zero-order chi connectivity index (χ0) is 25.3. The van der Waals surface area contributed by atoms with Gasteiger partial charge in [0.15, 0.2) is 5.54 Å². The van der Waals surface area contributed by atoms with Gasteiger partial charge in [-0.25, -0.2) is 0 Å². The van der Waals surface area contributed by atoms with E-state index in [4.69, 9.17) is 4.74 Å². The fraction of sp³-hybridized carbons (Fsp3) is 0.697. The monoisotopic (exact) mass is 512 g/mol. The number of β-lactam (4-membered cyclic amide) rings is 1. The molecule has 1 saturated heterocycles. The number of hydrogen-bond acceptors (Lipinski definition) is 3. The molecule has 38 heavy (non-hydrogen) atoms. The summed E-state index contributed by atoms with van der Waals surface area (Å²) in [5.74, 6) is 5.62. The summed E-state index contributed by atoms with van der Waals surface area (Å²) in [6.07, 6.45) is 17.2. The van der Waals surface area contributed by atoms with E-state index < -0.39 is 5.54 Å². The van der Waals surface area contributed by atoms with E-state index in [1.54, 1.807) is 0 Å². The molecule has 9 fully saturated rings. The van der Waals surface area contributed by atoms with Crippen LogP contribution in [0.3, 0.4) is 0 Å². The first-order valence-corrected chi connectivity index (χ1v) is 15.5. The van der Waals surface area contributed by atoms with Crippen LogP contribution in [-0.4, -0.2) is 39.9 Å². The number of nitrogens with zero attached hydrogens (tertiary/aromatic N) is 1. The average molecular weight is 513 g/mol. The normalized spacial score (nSPS) is 47.3. The number of carbonyl (C=O) groups excluding carboxylic acids is 2. The predicted octanol–water partition coefficient (Wildman–Crippen LogP) is 5.49. The van der Waals surface area contributed by atoms with Crippen molar-refractivity contribution in [2.24, 2.45) is 35.5 Å². The highest BCUT2D eigenvalue weighted by Crippen LogP contribution is 2.62. The summed E-state index contributed by atoms with van der Waals surface area (Å²) >= 11 is 0. The highest BCUT2D eigenvalue weighted by atomic mass is 16.5. The molecule has 8 saturated carbocycles. The van der Waals surface area contributed by atoms with Gasteiger partial charge in [-0.05, 0) is 125 Å². The lowest BCUT2D eigenvalue weighted by Crippen LogP contribution is -2.81. The van der Waals surface area contributed by atoms with Crippen molar-refractivity contribution < 1.29 is 14.3 Å². The van der Waals surface area contributed by atoms with Crippen molar-refractivity contribution in [2.75, 3.05) is 6.61 Å². The van der Waals surface area contributed by atoms with Gasteiger partial charge in [0.2, 0.25) is 5.91 Å². The maximum absolute atomic E-state index is 14.9. The van der Waals surface area contributed by atoms with Crippen LogP contribution >= 0.6 is 0 Å². The first kappa shape index (κ1) is 22.5. The average Bonchev–Trinajstić information content (AvgIpc) is 2.84. The van der Waals surface area contributed by atoms with Crippen molar-refractivity contribution in [3.63, 3.8) is 0 Å². The molecule has 1 unspecified atom stereocenters. The Kier molecular flexibility index (Phi) is 4.42. The molecule has 11 rings (SSSR count). The standard InChI is InChI=1S/C33H40N2O3/c36-29-18-33(27-11-26-3-1-2-4-28(26)38-19-27,35(29)32-15-23-8-24(16-32)10-25(9-23)17-32)30(37)34-31-12-20-5-21(13-31)7-22(6-20)14-31/h1-4,11,20-25H,5-10,12-19H2,(H,34,37). The maximum atomic E-state index is 14.9. The minimum Gasteiger partial charge on any atom is -0.489 e. The molecule has 0 spiro atoms. The number of likely N-dealkylation sites (tertiary alicyclic amines) is 1. The third-order valence-electron chi connectivity index (χ3n) is 12.5. The third kappa shape index (κ3) is 2.99. The van der Waals surface area contributed by atoms with Crippen LogP contribution in [0.25, 0.3) is 6.08 Å². The highest BCUT2D eigenvalue weighted by molar-refractivity contribution is 6.06. The molecule has 0 radical (unpaired) electrons. The Morgan fingerprint density at radius 2 is 1.37 bits per heavy atom. The molecular weight excluding hydrogens is 472 g/mol. The van der Waals surface area contributed by atoms with Crippen molar-refractivity contribution in [2.45, 2.75) is 100 Å². The molecule has 2 heterocycles. The molecule has 10 aliphatic rings. The first-order chi connectivity index (χ1) is 18.4. The Morgan fingerprint density at radius 3 is 1.95 bits per heavy atom. The first-order valence-electron chi connectivity index (χ1n) is 15.5. The highest BCUT2D eigenvalue weighted by Gasteiger charge is 2.69. The summed E-state index contributed by atoms with van der Waals surface area (Å²) in [4.78, 5) is 30.9. The number of nitrogens with one attached hydrogen (secondary N) is 1. The van der Waals surface area contributed by atoms with Gasteiger partial charge in [-0.3, -0.25) is 9.59 Å². The molecule has 8 aliphatic carbocycles. The Hall–Kier alpha value is -2.30. The van der Waals surface area contributed by atoms with Gasteiger partial charge >= 0.3 is 0 Å². The number of benzene rings is 1. The number of amides is 2. The lowest BCUT2D eigenvalue weighted by Gasteiger charge is -2.68. The molecule has 1 atom stereocenters. The Balaban J connectivity index is 1.14. The summed E-state index contributed by atoms with van der Waals surface area (Å²) in [6.45, 7) is 0.390. The van der Waals surface area contributed by atoms with E-state index in [0.717, 1.165) is 90.9 Å². The van der Waals surface area contributed by atoms with Crippen LogP contribution in [-0.2, 0) is 9.59 Å². The zero-order valence-corrected chi connectivity index (χ0v) is 22.4. The number of ether oxygens (including phenoxy) is 1. The van der Waals surface area contributed by atoms with E-state index in [9.17, 15) is 9.59 Å². The minimum atomic E-state index is -0.903. The molecular formula is C33H40N2O3. The summed E-state index contributed by atoms with van der Waals surface area (Å²) < 4.78 is 6.28. The molecule has 2 amide bonds. The minimum absolute atomic E-state index is 0.0708. The van der Waals surface area contributed by atoms with E-state index in [-0.39, 0.29) is 22.9 Å². The number of fused-ring (bicyclic) bond motifs is 1. The summed E-state index contributed by atoms with van der Waals surface area (Å²) in [5.41, 5.74) is 0.896. The molecule has 0 aromatic heterocycles. The Morgan fingerprint density at radius 1 is 0.816 bits per heavy atom. The largest absolute Gasteiger partial charge is 0.489 e. The topological polar surface area (TPSA) is 58.6 Å². The second-order valence-corrected chi connectivity index (χ2v) is 15.1. The van der Waals surface area contributed by atoms with Crippen molar-refractivity contribution in [1.29, 1.82) is 0 Å². The SMILES string of the molecule is O=C1CC(C(=O)NC23CC4CC(CC(C4)C2)C3)(C2=Cc3ccccc3OC2)N1C12CC3CC(CC(C3)C1)C2. The van der Waals surface area contributed by atoms with Gasteiger partial charge in [-0.2, -0.15) is 0 Å². The van der Waals surface area contributed by atoms with Crippen LogP contribution in [0.4, 0.5) is 0 Å². The van der Waals surface area contributed by atoms with Gasteiger partial charge in [0.05, 0.1) is 6.42 Å². The molecule has 1 aromatic rings. The van der Waals surface area contributed by atoms with Crippen LogP contribution in [0.5, 0.6) is 5.75 Å². The van der Waals surface area contributed by atoms with E-state index in [1.165, 1.54) is 38.5 Å². The van der Waals surface area contributed by atoms with Crippen molar-refractivity contribution >= 4 is 17.9 Å². The second kappa shape index (κ2) is 7.46. The van der Waals surface area contributed by atoms with Gasteiger partial charge in [0.1, 0.15) is 12.4 Å². The maximum Gasteiger partial charge on any atom is 0.251 e. The van der Waals surface area contributed by atoms with E-state index in [2.05, 4.69) is 22.4 Å². The van der Waals surface area contributed by atoms with Crippen LogP contribution < -0.4 is 10.1 Å². The van der Waals surface area contributed by atoms with E-state index in [0.29, 0.717) is 13.0 Å². The fourth-order valence-corrected chi connectivity index (χ4v) is 12.1. The fourth-order valence-electron chi connectivity index (χ4n) is 12.1. The van der Waals surface area contributed by atoms with Gasteiger partial charge < -0.3 is 15.0 Å². The quantitative estimate of drug-likeness (QED) is 0.543. The Labute approximate surface area is 225 Å². The number of rotatable bonds is 4. The van der Waals surface area contributed by atoms with Crippen molar-refractivity contribution in [1.82, 2.24) is 10.2 Å². The molecule has 5 nitrogen and oxygen atoms in total. The van der Waals surface area contributed by atoms with Gasteiger partial charge in [-0.1, -0.05) is 18.2 Å². The molecule has 1 aromatic carbocycles. The smallest absolute Gasteiger partial charge is 0.251 e. The molecule has 200 valence electrons. The van der Waals surface area contributed by atoms with Crippen LogP contribution in [0, 0.1) is 35.5 Å². The lowest BCUT2D eigenvalue weighted by atomic mass is 9.50. The van der Waals surface area contributed by atoms with Crippen molar-refractivity contribution in [3.8, 4) is 5.75 Å². The van der Waals surface area contributed by atoms with Crippen LogP contribution in [0.1, 0.15) is 89.0 Å². The number of carbonyl (C=O) groups is 2. The molecule has 5 heteroatoms. The van der Waals surface area contributed by atoms with Gasteiger partial charge in [-0.15, -0.1) is 0 Å². The van der Waals surface area contributed by atoms with E-state index >= 15 is 0 Å². The summed E-state index contributed by atoms with van der Waals surface area (Å²) in [5, 5.41) is 3.74. The van der Waals surface area contributed by atoms with Gasteiger partial charge in [0, 0.05) is 22.2 Å². The summed E-state index contributed by atoms with van der Waals surface area (Å²) in [6, 6.07) is 8.12. The van der Waals surface area contributed by atoms with Crippen LogP contribution in [0.2, 0.25) is 0 Å². The second-order valence-electron chi connectivity index (χ2n) is 15.1. The lowest BCUT2D eigenvalue weighted by molar-refractivity contribution is -0.194. The molecule has 8 bridgehead atoms. The molecule has 1 N–H and O–H groups in total. The van der Waals surface area contributed by atoms with Gasteiger partial charge in [0.25, 0.3) is 5.91 Å². The number of hydrogen-bond donors (Lipinski definition) is 1. The van der Waals surface area contributed by atoms with Crippen molar-refractivity contribution in [3.05, 3.63) is 35.4 Å². The Bertz CT molecular complexity index is 1190. The predicted molar refractivity (Wildman–Crippen MR) is 144 cm³/mol. The van der Waals surface area contributed by atoms with E-state index in [1.807, 2.05) is 18.2 Å². The van der Waals surface area contributed by atoms with Crippen LogP contribution in [0.15, 0.2) is 29.8 Å². The zero-order valence-electron chi connectivity index (χ0n) is 22.4. The number of para-hydroxylation sites is 1. The summed E-state index contributed by atoms with van der Waals surface area (Å²) in [7, 11) is 0.